The molecular weight excluding hydrogens is 181 g/mol. The van der Waals surface area contributed by atoms with Gasteiger partial charge in [0.2, 0.25) is 0 Å². The number of hydrogen-bond donors (Lipinski definition) is 1. The fraction of sp³-hybridized carbons (Fsp3) is 0.455. The minimum absolute atomic E-state index is 0.130. The number of ether oxygens (including phenoxy) is 1. The SMILES string of the molecule is COc1cc(C)cc(F)c1C1CCN1. The summed E-state index contributed by atoms with van der Waals surface area (Å²) in [4.78, 5) is 0. The molecule has 3 heteroatoms. The average Bonchev–Trinajstić information content (AvgIpc) is 2.05. The van der Waals surface area contributed by atoms with Crippen molar-refractivity contribution in [2.24, 2.45) is 0 Å². The molecule has 1 atom stereocenters. The van der Waals surface area contributed by atoms with Gasteiger partial charge in [0.1, 0.15) is 11.6 Å². The van der Waals surface area contributed by atoms with Crippen molar-refractivity contribution in [1.29, 1.82) is 0 Å². The summed E-state index contributed by atoms with van der Waals surface area (Å²) in [6.45, 7) is 2.82. The van der Waals surface area contributed by atoms with Crippen molar-refractivity contribution in [3.8, 4) is 5.75 Å². The minimum atomic E-state index is -0.168. The van der Waals surface area contributed by atoms with Crippen molar-refractivity contribution < 1.29 is 9.13 Å². The van der Waals surface area contributed by atoms with E-state index in [-0.39, 0.29) is 11.9 Å². The Labute approximate surface area is 83.1 Å². The third kappa shape index (κ3) is 1.48. The molecule has 0 radical (unpaired) electrons. The van der Waals surface area contributed by atoms with Gasteiger partial charge in [-0.25, -0.2) is 4.39 Å². The molecule has 0 saturated carbocycles. The van der Waals surface area contributed by atoms with Gasteiger partial charge in [-0.15, -0.1) is 0 Å². The zero-order chi connectivity index (χ0) is 10.1. The number of hydrogen-bond acceptors (Lipinski definition) is 2. The zero-order valence-electron chi connectivity index (χ0n) is 8.43. The Morgan fingerprint density at radius 1 is 1.50 bits per heavy atom. The van der Waals surface area contributed by atoms with Gasteiger partial charge in [0, 0.05) is 11.6 Å². The second kappa shape index (κ2) is 3.58. The minimum Gasteiger partial charge on any atom is -0.496 e. The van der Waals surface area contributed by atoms with E-state index in [0.29, 0.717) is 11.3 Å². The van der Waals surface area contributed by atoms with Gasteiger partial charge in [0.05, 0.1) is 7.11 Å². The summed E-state index contributed by atoms with van der Waals surface area (Å²) in [5.74, 6) is 0.485. The Bertz CT molecular complexity index is 347. The monoisotopic (exact) mass is 195 g/mol. The summed E-state index contributed by atoms with van der Waals surface area (Å²) >= 11 is 0. The smallest absolute Gasteiger partial charge is 0.131 e. The number of nitrogens with one attached hydrogen (secondary N) is 1. The van der Waals surface area contributed by atoms with Crippen LogP contribution in [0.4, 0.5) is 4.39 Å². The normalized spacial score (nSPS) is 20.4. The van der Waals surface area contributed by atoms with Crippen LogP contribution in [0.3, 0.4) is 0 Å². The van der Waals surface area contributed by atoms with Gasteiger partial charge >= 0.3 is 0 Å². The van der Waals surface area contributed by atoms with Crippen molar-refractivity contribution >= 4 is 0 Å². The van der Waals surface area contributed by atoms with Crippen LogP contribution in [0.5, 0.6) is 5.75 Å². The van der Waals surface area contributed by atoms with Crippen LogP contribution in [0, 0.1) is 12.7 Å². The maximum atomic E-state index is 13.6. The number of methoxy groups -OCH3 is 1. The molecule has 76 valence electrons. The molecule has 2 rings (SSSR count). The van der Waals surface area contributed by atoms with Gasteiger partial charge in [-0.2, -0.15) is 0 Å². The molecule has 0 amide bonds. The molecule has 1 fully saturated rings. The van der Waals surface area contributed by atoms with E-state index >= 15 is 0 Å². The van der Waals surface area contributed by atoms with E-state index in [1.807, 2.05) is 13.0 Å². The van der Waals surface area contributed by atoms with E-state index in [2.05, 4.69) is 5.32 Å². The molecule has 1 aromatic carbocycles. The molecule has 1 aromatic rings. The second-order valence-electron chi connectivity index (χ2n) is 3.66. The van der Waals surface area contributed by atoms with E-state index in [9.17, 15) is 4.39 Å². The third-order valence-electron chi connectivity index (χ3n) is 2.63. The van der Waals surface area contributed by atoms with Crippen LogP contribution in [0.2, 0.25) is 0 Å². The third-order valence-corrected chi connectivity index (χ3v) is 2.63. The Hall–Kier alpha value is -1.09. The summed E-state index contributed by atoms with van der Waals surface area (Å²) in [6.07, 6.45) is 0.982. The standard InChI is InChI=1S/C11H14FNO/c1-7-5-8(12)11(9-3-4-13-9)10(6-7)14-2/h5-6,9,13H,3-4H2,1-2H3. The molecular formula is C11H14FNO. The highest BCUT2D eigenvalue weighted by Crippen LogP contribution is 2.33. The van der Waals surface area contributed by atoms with Crippen LogP contribution in [-0.4, -0.2) is 13.7 Å². The summed E-state index contributed by atoms with van der Waals surface area (Å²) in [6, 6.07) is 3.56. The zero-order valence-corrected chi connectivity index (χ0v) is 8.43. The molecule has 0 aromatic heterocycles. The van der Waals surface area contributed by atoms with Crippen LogP contribution in [-0.2, 0) is 0 Å². The van der Waals surface area contributed by atoms with Gasteiger partial charge in [0.25, 0.3) is 0 Å². The van der Waals surface area contributed by atoms with Gasteiger partial charge in [-0.3, -0.25) is 0 Å². The molecule has 0 aliphatic carbocycles. The molecule has 1 heterocycles. The van der Waals surface area contributed by atoms with Gasteiger partial charge in [-0.05, 0) is 37.6 Å². The van der Waals surface area contributed by atoms with Crippen LogP contribution in [0.25, 0.3) is 0 Å². The molecule has 14 heavy (non-hydrogen) atoms. The lowest BCUT2D eigenvalue weighted by atomic mass is 9.95. The lowest BCUT2D eigenvalue weighted by molar-refractivity contribution is 0.341. The van der Waals surface area contributed by atoms with Crippen molar-refractivity contribution in [3.63, 3.8) is 0 Å². The Morgan fingerprint density at radius 3 is 2.71 bits per heavy atom. The van der Waals surface area contributed by atoms with E-state index in [0.717, 1.165) is 18.5 Å². The predicted octanol–water partition coefficient (Wildman–Crippen LogP) is 2.18. The number of aryl methyl sites for hydroxylation is 1. The summed E-state index contributed by atoms with van der Waals surface area (Å²) in [7, 11) is 1.58. The number of halogens is 1. The summed E-state index contributed by atoms with van der Waals surface area (Å²) in [5, 5.41) is 3.18. The Kier molecular flexibility index (Phi) is 2.42. The fourth-order valence-electron chi connectivity index (χ4n) is 1.76. The summed E-state index contributed by atoms with van der Waals surface area (Å²) < 4.78 is 18.8. The lowest BCUT2D eigenvalue weighted by Gasteiger charge is -2.29. The molecule has 1 aliphatic heterocycles. The summed E-state index contributed by atoms with van der Waals surface area (Å²) in [5.41, 5.74) is 1.56. The maximum Gasteiger partial charge on any atom is 0.131 e. The molecule has 1 saturated heterocycles. The Morgan fingerprint density at radius 2 is 2.21 bits per heavy atom. The Balaban J connectivity index is 2.44. The molecule has 1 aliphatic rings. The van der Waals surface area contributed by atoms with Crippen molar-refractivity contribution in [1.82, 2.24) is 5.32 Å². The van der Waals surface area contributed by atoms with E-state index in [1.165, 1.54) is 0 Å². The lowest BCUT2D eigenvalue weighted by Crippen LogP contribution is -2.35. The van der Waals surface area contributed by atoms with E-state index in [4.69, 9.17) is 4.74 Å². The van der Waals surface area contributed by atoms with Gasteiger partial charge in [-0.1, -0.05) is 0 Å². The van der Waals surface area contributed by atoms with Gasteiger partial charge in [0.15, 0.2) is 0 Å². The average molecular weight is 195 g/mol. The highest BCUT2D eigenvalue weighted by atomic mass is 19.1. The first-order valence-corrected chi connectivity index (χ1v) is 4.80. The fourth-order valence-corrected chi connectivity index (χ4v) is 1.76. The first kappa shape index (κ1) is 9.46. The quantitative estimate of drug-likeness (QED) is 0.781. The van der Waals surface area contributed by atoms with E-state index < -0.39 is 0 Å². The van der Waals surface area contributed by atoms with Gasteiger partial charge < -0.3 is 10.1 Å². The first-order valence-electron chi connectivity index (χ1n) is 4.80. The highest BCUT2D eigenvalue weighted by Gasteiger charge is 2.25. The topological polar surface area (TPSA) is 21.3 Å². The van der Waals surface area contributed by atoms with Crippen LogP contribution >= 0.6 is 0 Å². The molecule has 0 bridgehead atoms. The molecule has 1 N–H and O–H groups in total. The predicted molar refractivity (Wildman–Crippen MR) is 53.0 cm³/mol. The number of benzene rings is 1. The highest BCUT2D eigenvalue weighted by molar-refractivity contribution is 5.41. The number of rotatable bonds is 2. The largest absolute Gasteiger partial charge is 0.496 e. The second-order valence-corrected chi connectivity index (χ2v) is 3.66. The van der Waals surface area contributed by atoms with Crippen LogP contribution in [0.15, 0.2) is 12.1 Å². The molecule has 0 spiro atoms. The molecule has 2 nitrogen and oxygen atoms in total. The molecule has 1 unspecified atom stereocenters. The van der Waals surface area contributed by atoms with Crippen LogP contribution in [0.1, 0.15) is 23.6 Å². The van der Waals surface area contributed by atoms with Crippen LogP contribution < -0.4 is 10.1 Å². The van der Waals surface area contributed by atoms with Crippen molar-refractivity contribution in [2.75, 3.05) is 13.7 Å². The first-order chi connectivity index (χ1) is 6.72. The van der Waals surface area contributed by atoms with Crippen molar-refractivity contribution in [3.05, 3.63) is 29.1 Å². The van der Waals surface area contributed by atoms with E-state index in [1.54, 1.807) is 13.2 Å². The van der Waals surface area contributed by atoms with Crippen molar-refractivity contribution in [2.45, 2.75) is 19.4 Å². The maximum absolute atomic E-state index is 13.6.